The number of carbonyl (C=O) groups is 1. The standard InChI is InChI=1S/C17H26N4O2/c1-20(2)16-18-11-13-6-8-17(15(13)19-16)7-4-10-21(12-17)9-3-5-14(22)23/h11H,3-10,12H2,1-2H3,(H,22,23). The molecule has 2 aliphatic rings. The molecule has 23 heavy (non-hydrogen) atoms. The van der Waals surface area contributed by atoms with Crippen molar-refractivity contribution in [3.8, 4) is 0 Å². The summed E-state index contributed by atoms with van der Waals surface area (Å²) in [6.45, 7) is 2.95. The van der Waals surface area contributed by atoms with Crippen LogP contribution < -0.4 is 4.90 Å². The second-order valence-electron chi connectivity index (χ2n) is 7.10. The molecule has 0 saturated carbocycles. The summed E-state index contributed by atoms with van der Waals surface area (Å²) < 4.78 is 0. The highest BCUT2D eigenvalue weighted by Crippen LogP contribution is 2.44. The molecule has 1 spiro atoms. The van der Waals surface area contributed by atoms with Gasteiger partial charge in [0.2, 0.25) is 5.95 Å². The summed E-state index contributed by atoms with van der Waals surface area (Å²) in [5.41, 5.74) is 2.67. The SMILES string of the molecule is CN(C)c1ncc2c(n1)C1(CCCN(CCCC(=O)O)C1)CC2. The van der Waals surface area contributed by atoms with E-state index in [1.807, 2.05) is 25.2 Å². The molecule has 3 rings (SSSR count). The molecule has 1 aliphatic heterocycles. The fourth-order valence-electron chi connectivity index (χ4n) is 4.02. The molecule has 6 heteroatoms. The van der Waals surface area contributed by atoms with Crippen LogP contribution >= 0.6 is 0 Å². The van der Waals surface area contributed by atoms with E-state index in [4.69, 9.17) is 10.1 Å². The van der Waals surface area contributed by atoms with Gasteiger partial charge in [-0.25, -0.2) is 9.97 Å². The Morgan fingerprint density at radius 1 is 1.43 bits per heavy atom. The van der Waals surface area contributed by atoms with Crippen molar-refractivity contribution < 1.29 is 9.90 Å². The van der Waals surface area contributed by atoms with E-state index in [0.29, 0.717) is 0 Å². The number of aliphatic carboxylic acids is 1. The van der Waals surface area contributed by atoms with E-state index in [-0.39, 0.29) is 11.8 Å². The number of fused-ring (bicyclic) bond motifs is 2. The van der Waals surface area contributed by atoms with E-state index in [1.165, 1.54) is 17.7 Å². The zero-order chi connectivity index (χ0) is 16.4. The van der Waals surface area contributed by atoms with Crippen LogP contribution in [0.3, 0.4) is 0 Å². The van der Waals surface area contributed by atoms with Gasteiger partial charge in [0.15, 0.2) is 0 Å². The summed E-state index contributed by atoms with van der Waals surface area (Å²) in [7, 11) is 3.95. The fourth-order valence-corrected chi connectivity index (χ4v) is 4.02. The van der Waals surface area contributed by atoms with Gasteiger partial charge in [-0.1, -0.05) is 0 Å². The molecule has 1 fully saturated rings. The maximum absolute atomic E-state index is 10.7. The molecule has 1 aromatic rings. The zero-order valence-electron chi connectivity index (χ0n) is 14.1. The van der Waals surface area contributed by atoms with Gasteiger partial charge in [-0.2, -0.15) is 0 Å². The first-order valence-electron chi connectivity index (χ1n) is 8.48. The molecule has 1 saturated heterocycles. The second-order valence-corrected chi connectivity index (χ2v) is 7.10. The van der Waals surface area contributed by atoms with Gasteiger partial charge < -0.3 is 14.9 Å². The number of nitrogens with zero attached hydrogens (tertiary/aromatic N) is 4. The van der Waals surface area contributed by atoms with Crippen LogP contribution in [-0.4, -0.2) is 59.7 Å². The van der Waals surface area contributed by atoms with Crippen LogP contribution in [0.25, 0.3) is 0 Å². The van der Waals surface area contributed by atoms with E-state index in [2.05, 4.69) is 9.88 Å². The fraction of sp³-hybridized carbons (Fsp3) is 0.706. The molecule has 6 nitrogen and oxygen atoms in total. The Hall–Kier alpha value is -1.69. The van der Waals surface area contributed by atoms with Crippen LogP contribution in [0, 0.1) is 0 Å². The Morgan fingerprint density at radius 2 is 2.26 bits per heavy atom. The van der Waals surface area contributed by atoms with Crippen molar-refractivity contribution in [2.45, 2.75) is 43.9 Å². The lowest BCUT2D eigenvalue weighted by molar-refractivity contribution is -0.137. The predicted molar refractivity (Wildman–Crippen MR) is 88.9 cm³/mol. The molecule has 0 bridgehead atoms. The first-order chi connectivity index (χ1) is 11.0. The molecule has 1 aromatic heterocycles. The maximum atomic E-state index is 10.7. The van der Waals surface area contributed by atoms with Gasteiger partial charge in [-0.05, 0) is 50.8 Å². The van der Waals surface area contributed by atoms with Gasteiger partial charge in [0.1, 0.15) is 0 Å². The number of hydrogen-bond acceptors (Lipinski definition) is 5. The van der Waals surface area contributed by atoms with Crippen molar-refractivity contribution in [3.63, 3.8) is 0 Å². The van der Waals surface area contributed by atoms with Gasteiger partial charge in [-0.15, -0.1) is 0 Å². The van der Waals surface area contributed by atoms with E-state index in [9.17, 15) is 4.79 Å². The zero-order valence-corrected chi connectivity index (χ0v) is 14.1. The summed E-state index contributed by atoms with van der Waals surface area (Å²) in [6.07, 6.45) is 7.52. The third kappa shape index (κ3) is 3.32. The molecule has 1 atom stereocenters. The Balaban J connectivity index is 1.75. The van der Waals surface area contributed by atoms with Gasteiger partial charge in [-0.3, -0.25) is 4.79 Å². The topological polar surface area (TPSA) is 69.6 Å². The van der Waals surface area contributed by atoms with Crippen LogP contribution in [-0.2, 0) is 16.6 Å². The Morgan fingerprint density at radius 3 is 3.00 bits per heavy atom. The van der Waals surface area contributed by atoms with Crippen LogP contribution in [0.2, 0.25) is 0 Å². The van der Waals surface area contributed by atoms with Crippen molar-refractivity contribution in [1.82, 2.24) is 14.9 Å². The lowest BCUT2D eigenvalue weighted by atomic mass is 9.77. The molecule has 0 radical (unpaired) electrons. The average molecular weight is 318 g/mol. The predicted octanol–water partition coefficient (Wildman–Crippen LogP) is 1.69. The van der Waals surface area contributed by atoms with Crippen molar-refractivity contribution in [3.05, 3.63) is 17.5 Å². The number of rotatable bonds is 5. The van der Waals surface area contributed by atoms with E-state index >= 15 is 0 Å². The van der Waals surface area contributed by atoms with Gasteiger partial charge in [0, 0.05) is 38.7 Å². The molecule has 1 aliphatic carbocycles. The van der Waals surface area contributed by atoms with Crippen molar-refractivity contribution >= 4 is 11.9 Å². The number of carboxylic acids is 1. The normalized spacial score (nSPS) is 23.9. The number of aromatic nitrogens is 2. The first kappa shape index (κ1) is 16.2. The lowest BCUT2D eigenvalue weighted by Gasteiger charge is -2.40. The quantitative estimate of drug-likeness (QED) is 0.891. The minimum atomic E-state index is -0.702. The lowest BCUT2D eigenvalue weighted by Crippen LogP contribution is -2.45. The van der Waals surface area contributed by atoms with E-state index in [1.54, 1.807) is 0 Å². The minimum absolute atomic E-state index is 0.143. The van der Waals surface area contributed by atoms with Gasteiger partial charge >= 0.3 is 5.97 Å². The van der Waals surface area contributed by atoms with E-state index in [0.717, 1.165) is 51.3 Å². The Labute approximate surface area is 137 Å². The monoisotopic (exact) mass is 318 g/mol. The highest BCUT2D eigenvalue weighted by molar-refractivity contribution is 5.66. The maximum Gasteiger partial charge on any atom is 0.303 e. The third-order valence-electron chi connectivity index (χ3n) is 5.15. The van der Waals surface area contributed by atoms with Crippen LogP contribution in [0.15, 0.2) is 6.20 Å². The van der Waals surface area contributed by atoms with Gasteiger partial charge in [0.05, 0.1) is 5.69 Å². The second kappa shape index (κ2) is 6.43. The van der Waals surface area contributed by atoms with E-state index < -0.39 is 5.97 Å². The molecule has 0 amide bonds. The molecule has 126 valence electrons. The summed E-state index contributed by atoms with van der Waals surface area (Å²) in [5.74, 6) is 0.0827. The number of piperidine rings is 1. The average Bonchev–Trinajstić information content (AvgIpc) is 2.85. The summed E-state index contributed by atoms with van der Waals surface area (Å²) in [4.78, 5) is 24.4. The van der Waals surface area contributed by atoms with Crippen molar-refractivity contribution in [2.75, 3.05) is 38.6 Å². The van der Waals surface area contributed by atoms with Crippen LogP contribution in [0.5, 0.6) is 0 Å². The number of anilines is 1. The number of aryl methyl sites for hydroxylation is 1. The molecular weight excluding hydrogens is 292 g/mol. The smallest absolute Gasteiger partial charge is 0.303 e. The summed E-state index contributed by atoms with van der Waals surface area (Å²) in [5, 5.41) is 8.82. The Kier molecular flexibility index (Phi) is 4.53. The number of likely N-dealkylation sites (tertiary alicyclic amines) is 1. The van der Waals surface area contributed by atoms with Crippen LogP contribution in [0.1, 0.15) is 43.4 Å². The van der Waals surface area contributed by atoms with Crippen molar-refractivity contribution in [2.24, 2.45) is 0 Å². The molecule has 1 unspecified atom stereocenters. The van der Waals surface area contributed by atoms with Crippen LogP contribution in [0.4, 0.5) is 5.95 Å². The first-order valence-corrected chi connectivity index (χ1v) is 8.48. The summed E-state index contributed by atoms with van der Waals surface area (Å²) in [6, 6.07) is 0. The van der Waals surface area contributed by atoms with Crippen molar-refractivity contribution in [1.29, 1.82) is 0 Å². The molecule has 0 aromatic carbocycles. The highest BCUT2D eigenvalue weighted by atomic mass is 16.4. The minimum Gasteiger partial charge on any atom is -0.481 e. The highest BCUT2D eigenvalue weighted by Gasteiger charge is 2.43. The molecular formula is C17H26N4O2. The number of hydrogen-bond donors (Lipinski definition) is 1. The Bertz CT molecular complexity index is 586. The molecule has 1 N–H and O–H groups in total. The summed E-state index contributed by atoms with van der Waals surface area (Å²) >= 11 is 0. The largest absolute Gasteiger partial charge is 0.481 e. The molecule has 2 heterocycles. The third-order valence-corrected chi connectivity index (χ3v) is 5.15. The number of carboxylic acid groups (broad SMARTS) is 1. The van der Waals surface area contributed by atoms with Gasteiger partial charge in [0.25, 0.3) is 0 Å².